The molecule has 1 saturated carbocycles. The van der Waals surface area contributed by atoms with Gasteiger partial charge in [-0.3, -0.25) is 0 Å². The second-order valence-corrected chi connectivity index (χ2v) is 6.68. The van der Waals surface area contributed by atoms with E-state index in [2.05, 4.69) is 20.8 Å². The first kappa shape index (κ1) is 11.9. The van der Waals surface area contributed by atoms with Gasteiger partial charge in [-0.2, -0.15) is 0 Å². The molecule has 17 heavy (non-hydrogen) atoms. The lowest BCUT2D eigenvalue weighted by Crippen LogP contribution is -2.63. The Morgan fingerprint density at radius 1 is 0.882 bits per heavy atom. The van der Waals surface area contributed by atoms with Gasteiger partial charge in [-0.15, -0.1) is 0 Å². The van der Waals surface area contributed by atoms with Crippen molar-refractivity contribution in [1.29, 1.82) is 0 Å². The monoisotopic (exact) mass is 240 g/mol. The maximum absolute atomic E-state index is 6.13. The fourth-order valence-corrected chi connectivity index (χ4v) is 4.29. The molecule has 0 aromatic rings. The zero-order valence-electron chi connectivity index (χ0n) is 11.3. The van der Waals surface area contributed by atoms with Crippen LogP contribution in [0.2, 0.25) is 0 Å². The Hall–Kier alpha value is -0.120. The third-order valence-electron chi connectivity index (χ3n) is 5.23. The van der Waals surface area contributed by atoms with Gasteiger partial charge in [-0.1, -0.05) is 20.8 Å². The van der Waals surface area contributed by atoms with Gasteiger partial charge in [0.05, 0.1) is 19.3 Å². The summed E-state index contributed by atoms with van der Waals surface area (Å²) in [5.74, 6) is -0.394. The number of rotatable bonds is 0. The standard InChI is InChI=1S/C14H24O3/c1-12(2)11-13(3,5-4-8-15-11)6-7-14(12)16-9-10-17-14/h11H,4-10H2,1-3H3/t11-,13?/m0/s1. The van der Waals surface area contributed by atoms with Gasteiger partial charge >= 0.3 is 0 Å². The van der Waals surface area contributed by atoms with Crippen LogP contribution in [0.5, 0.6) is 0 Å². The Bertz CT molecular complexity index is 307. The molecule has 0 aromatic carbocycles. The van der Waals surface area contributed by atoms with E-state index in [0.717, 1.165) is 32.7 Å². The summed E-state index contributed by atoms with van der Waals surface area (Å²) in [5, 5.41) is 0. The average molecular weight is 240 g/mol. The fraction of sp³-hybridized carbons (Fsp3) is 1.00. The molecule has 3 nitrogen and oxygen atoms in total. The number of ether oxygens (including phenoxy) is 3. The quantitative estimate of drug-likeness (QED) is 0.651. The Morgan fingerprint density at radius 2 is 1.59 bits per heavy atom. The summed E-state index contributed by atoms with van der Waals surface area (Å²) < 4.78 is 18.1. The highest BCUT2D eigenvalue weighted by Crippen LogP contribution is 2.58. The Balaban J connectivity index is 1.94. The van der Waals surface area contributed by atoms with Gasteiger partial charge in [0, 0.05) is 18.4 Å². The van der Waals surface area contributed by atoms with Crippen LogP contribution in [-0.2, 0) is 14.2 Å². The van der Waals surface area contributed by atoms with Gasteiger partial charge < -0.3 is 14.2 Å². The Labute approximate surface area is 104 Å². The van der Waals surface area contributed by atoms with Crippen molar-refractivity contribution < 1.29 is 14.2 Å². The van der Waals surface area contributed by atoms with E-state index in [-0.39, 0.29) is 11.5 Å². The van der Waals surface area contributed by atoms with E-state index in [0.29, 0.717) is 5.41 Å². The first-order valence-corrected chi connectivity index (χ1v) is 6.90. The third-order valence-corrected chi connectivity index (χ3v) is 5.23. The highest BCUT2D eigenvalue weighted by atomic mass is 16.7. The molecule has 3 aliphatic rings. The summed E-state index contributed by atoms with van der Waals surface area (Å²) in [4.78, 5) is 0. The topological polar surface area (TPSA) is 27.7 Å². The van der Waals surface area contributed by atoms with Gasteiger partial charge in [0.1, 0.15) is 0 Å². The van der Waals surface area contributed by atoms with Crippen molar-refractivity contribution in [2.24, 2.45) is 10.8 Å². The highest BCUT2D eigenvalue weighted by Gasteiger charge is 2.63. The lowest BCUT2D eigenvalue weighted by Gasteiger charge is -2.59. The van der Waals surface area contributed by atoms with Gasteiger partial charge in [-0.05, 0) is 24.7 Å². The van der Waals surface area contributed by atoms with Gasteiger partial charge in [-0.25, -0.2) is 0 Å². The molecule has 2 saturated heterocycles. The predicted molar refractivity (Wildman–Crippen MR) is 64.7 cm³/mol. The molecule has 0 amide bonds. The van der Waals surface area contributed by atoms with Crippen LogP contribution < -0.4 is 0 Å². The van der Waals surface area contributed by atoms with Gasteiger partial charge in [0.2, 0.25) is 0 Å². The third kappa shape index (κ3) is 1.52. The average Bonchev–Trinajstić information content (AvgIpc) is 2.75. The zero-order chi connectivity index (χ0) is 12.1. The van der Waals surface area contributed by atoms with Crippen molar-refractivity contribution >= 4 is 0 Å². The molecule has 0 radical (unpaired) electrons. The molecule has 2 aliphatic heterocycles. The molecule has 1 aliphatic carbocycles. The summed E-state index contributed by atoms with van der Waals surface area (Å²) in [5.41, 5.74) is 0.249. The number of hydrogen-bond donors (Lipinski definition) is 0. The van der Waals surface area contributed by atoms with E-state index in [1.165, 1.54) is 12.8 Å². The zero-order valence-corrected chi connectivity index (χ0v) is 11.3. The highest BCUT2D eigenvalue weighted by molar-refractivity contribution is 5.07. The van der Waals surface area contributed by atoms with Crippen LogP contribution in [0.1, 0.15) is 46.5 Å². The lowest BCUT2D eigenvalue weighted by molar-refractivity contribution is -0.312. The molecule has 98 valence electrons. The summed E-state index contributed by atoms with van der Waals surface area (Å²) >= 11 is 0. The first-order chi connectivity index (χ1) is 8.00. The molecular weight excluding hydrogens is 216 g/mol. The number of fused-ring (bicyclic) bond motifs is 1. The van der Waals surface area contributed by atoms with Gasteiger partial charge in [0.15, 0.2) is 5.79 Å². The Kier molecular flexibility index (Phi) is 2.59. The number of hydrogen-bond acceptors (Lipinski definition) is 3. The molecular formula is C14H24O3. The predicted octanol–water partition coefficient (Wildman–Crippen LogP) is 2.73. The van der Waals surface area contributed by atoms with E-state index < -0.39 is 5.79 Å². The second kappa shape index (κ2) is 3.69. The van der Waals surface area contributed by atoms with Crippen molar-refractivity contribution in [2.75, 3.05) is 19.8 Å². The minimum absolute atomic E-state index is 0.0586. The van der Waals surface area contributed by atoms with Crippen molar-refractivity contribution in [3.05, 3.63) is 0 Å². The van der Waals surface area contributed by atoms with Crippen molar-refractivity contribution in [1.82, 2.24) is 0 Å². The van der Waals surface area contributed by atoms with Crippen LogP contribution in [-0.4, -0.2) is 31.7 Å². The lowest BCUT2D eigenvalue weighted by atomic mass is 9.56. The van der Waals surface area contributed by atoms with Crippen LogP contribution in [0.3, 0.4) is 0 Å². The molecule has 2 heterocycles. The first-order valence-electron chi connectivity index (χ1n) is 6.90. The fourth-order valence-electron chi connectivity index (χ4n) is 4.29. The van der Waals surface area contributed by atoms with Crippen LogP contribution in [0.25, 0.3) is 0 Å². The Morgan fingerprint density at radius 3 is 2.29 bits per heavy atom. The minimum atomic E-state index is -0.394. The molecule has 0 N–H and O–H groups in total. The molecule has 1 unspecified atom stereocenters. The summed E-state index contributed by atoms with van der Waals surface area (Å²) in [6.45, 7) is 9.23. The van der Waals surface area contributed by atoms with E-state index in [9.17, 15) is 0 Å². The van der Waals surface area contributed by atoms with E-state index in [4.69, 9.17) is 14.2 Å². The molecule has 1 spiro atoms. The normalized spacial score (nSPS) is 43.6. The van der Waals surface area contributed by atoms with Crippen LogP contribution in [0.15, 0.2) is 0 Å². The van der Waals surface area contributed by atoms with Crippen molar-refractivity contribution in [2.45, 2.75) is 58.3 Å². The molecule has 0 aromatic heterocycles. The van der Waals surface area contributed by atoms with Crippen LogP contribution >= 0.6 is 0 Å². The second-order valence-electron chi connectivity index (χ2n) is 6.68. The maximum atomic E-state index is 6.13. The maximum Gasteiger partial charge on any atom is 0.176 e. The van der Waals surface area contributed by atoms with E-state index in [1.54, 1.807) is 0 Å². The van der Waals surface area contributed by atoms with E-state index in [1.807, 2.05) is 0 Å². The molecule has 3 heteroatoms. The summed E-state index contributed by atoms with van der Waals surface area (Å²) in [6.07, 6.45) is 4.89. The summed E-state index contributed by atoms with van der Waals surface area (Å²) in [7, 11) is 0. The van der Waals surface area contributed by atoms with Gasteiger partial charge in [0.25, 0.3) is 0 Å². The molecule has 2 atom stereocenters. The van der Waals surface area contributed by atoms with Crippen molar-refractivity contribution in [3.8, 4) is 0 Å². The molecule has 3 fully saturated rings. The smallest absolute Gasteiger partial charge is 0.176 e. The molecule has 3 rings (SSSR count). The SMILES string of the molecule is CC12CCCO[C@H]1C(C)(C)C1(CC2)OCCO1. The minimum Gasteiger partial charge on any atom is -0.377 e. The van der Waals surface area contributed by atoms with E-state index >= 15 is 0 Å². The molecule has 0 bridgehead atoms. The largest absolute Gasteiger partial charge is 0.377 e. The van der Waals surface area contributed by atoms with Crippen LogP contribution in [0, 0.1) is 10.8 Å². The summed E-state index contributed by atoms with van der Waals surface area (Å²) in [6, 6.07) is 0. The van der Waals surface area contributed by atoms with Crippen molar-refractivity contribution in [3.63, 3.8) is 0 Å². The van der Waals surface area contributed by atoms with Crippen LogP contribution in [0.4, 0.5) is 0 Å².